The highest BCUT2D eigenvalue weighted by atomic mass is 16.5. The van der Waals surface area contributed by atoms with Crippen molar-refractivity contribution in [2.45, 2.75) is 40.5 Å². The van der Waals surface area contributed by atoms with Crippen LogP contribution in [-0.2, 0) is 9.53 Å². The van der Waals surface area contributed by atoms with E-state index in [1.807, 2.05) is 0 Å². The van der Waals surface area contributed by atoms with Gasteiger partial charge in [0.1, 0.15) is 0 Å². The van der Waals surface area contributed by atoms with Gasteiger partial charge < -0.3 is 4.74 Å². The van der Waals surface area contributed by atoms with E-state index in [1.54, 1.807) is 0 Å². The van der Waals surface area contributed by atoms with Crippen LogP contribution in [0.4, 0.5) is 0 Å². The Morgan fingerprint density at radius 2 is 2.00 bits per heavy atom. The minimum Gasteiger partial charge on any atom is -0.468 e. The molecular weight excluding hydrogens is 152 g/mol. The molecule has 0 bridgehead atoms. The summed E-state index contributed by atoms with van der Waals surface area (Å²) in [6.45, 7) is 10.0. The molecule has 0 saturated heterocycles. The third-order valence-corrected chi connectivity index (χ3v) is 2.71. The first kappa shape index (κ1) is 11.5. The van der Waals surface area contributed by atoms with E-state index < -0.39 is 0 Å². The molecule has 0 aromatic heterocycles. The van der Waals surface area contributed by atoms with Gasteiger partial charge in [-0.3, -0.25) is 4.79 Å². The summed E-state index contributed by atoms with van der Waals surface area (Å²) in [6.07, 6.45) is 2.07. The number of hydrogen-bond donors (Lipinski definition) is 0. The zero-order valence-corrected chi connectivity index (χ0v) is 8.59. The smallest absolute Gasteiger partial charge is 0.293 e. The Balaban J connectivity index is 3.54. The maximum Gasteiger partial charge on any atom is 0.293 e. The Morgan fingerprint density at radius 1 is 1.42 bits per heavy atom. The van der Waals surface area contributed by atoms with E-state index in [1.165, 1.54) is 0 Å². The molecule has 12 heavy (non-hydrogen) atoms. The summed E-state index contributed by atoms with van der Waals surface area (Å²) in [5.74, 6) is 0.675. The normalized spacial score (nSPS) is 11.8. The number of ether oxygens (including phenoxy) is 1. The Kier molecular flexibility index (Phi) is 4.95. The second-order valence-corrected chi connectivity index (χ2v) is 4.21. The number of carbonyl (C=O) groups excluding carboxylic acids is 1. The van der Waals surface area contributed by atoms with Gasteiger partial charge in [0, 0.05) is 0 Å². The van der Waals surface area contributed by atoms with Gasteiger partial charge in [-0.25, -0.2) is 0 Å². The van der Waals surface area contributed by atoms with E-state index in [0.717, 1.165) is 12.8 Å². The van der Waals surface area contributed by atoms with Gasteiger partial charge in [-0.15, -0.1) is 0 Å². The van der Waals surface area contributed by atoms with Crippen LogP contribution in [0.3, 0.4) is 0 Å². The van der Waals surface area contributed by atoms with E-state index in [2.05, 4.69) is 32.4 Å². The van der Waals surface area contributed by atoms with Crippen LogP contribution in [0.15, 0.2) is 0 Å². The van der Waals surface area contributed by atoms with Gasteiger partial charge >= 0.3 is 0 Å². The fourth-order valence-corrected chi connectivity index (χ4v) is 0.948. The molecule has 0 unspecified atom stereocenters. The largest absolute Gasteiger partial charge is 0.468 e. The highest BCUT2D eigenvalue weighted by molar-refractivity contribution is 5.36. The van der Waals surface area contributed by atoms with Crippen molar-refractivity contribution in [2.75, 3.05) is 6.61 Å². The molecule has 0 aliphatic heterocycles. The molecule has 0 N–H and O–H groups in total. The average molecular weight is 172 g/mol. The molecule has 0 rings (SSSR count). The highest BCUT2D eigenvalue weighted by Gasteiger charge is 2.21. The SMILES string of the molecule is CC(C)C(C)(C)CCCOC=O. The lowest BCUT2D eigenvalue weighted by molar-refractivity contribution is -0.128. The molecule has 0 aliphatic rings. The summed E-state index contributed by atoms with van der Waals surface area (Å²) in [5.41, 5.74) is 0.353. The predicted molar refractivity (Wildman–Crippen MR) is 49.9 cm³/mol. The van der Waals surface area contributed by atoms with E-state index in [-0.39, 0.29) is 0 Å². The van der Waals surface area contributed by atoms with Crippen molar-refractivity contribution < 1.29 is 9.53 Å². The Morgan fingerprint density at radius 3 is 2.42 bits per heavy atom. The molecule has 0 aromatic carbocycles. The van der Waals surface area contributed by atoms with Crippen LogP contribution in [0.25, 0.3) is 0 Å². The van der Waals surface area contributed by atoms with Crippen molar-refractivity contribution in [1.82, 2.24) is 0 Å². The predicted octanol–water partition coefficient (Wildman–Crippen LogP) is 2.62. The topological polar surface area (TPSA) is 26.3 Å². The molecule has 0 radical (unpaired) electrons. The zero-order valence-electron chi connectivity index (χ0n) is 8.59. The van der Waals surface area contributed by atoms with Crippen LogP contribution in [0, 0.1) is 11.3 Å². The zero-order chi connectivity index (χ0) is 9.61. The highest BCUT2D eigenvalue weighted by Crippen LogP contribution is 2.31. The first-order chi connectivity index (χ1) is 5.50. The van der Waals surface area contributed by atoms with Crippen LogP contribution >= 0.6 is 0 Å². The molecule has 0 aliphatic carbocycles. The lowest BCUT2D eigenvalue weighted by Gasteiger charge is -2.28. The van der Waals surface area contributed by atoms with Gasteiger partial charge in [0.2, 0.25) is 0 Å². The van der Waals surface area contributed by atoms with E-state index in [4.69, 9.17) is 0 Å². The van der Waals surface area contributed by atoms with Crippen molar-refractivity contribution in [1.29, 1.82) is 0 Å². The number of carbonyl (C=O) groups is 1. The minimum absolute atomic E-state index is 0.353. The summed E-state index contributed by atoms with van der Waals surface area (Å²) in [4.78, 5) is 9.84. The van der Waals surface area contributed by atoms with Crippen molar-refractivity contribution in [3.8, 4) is 0 Å². The third kappa shape index (κ3) is 4.37. The molecule has 0 heterocycles. The molecule has 2 heteroatoms. The maximum atomic E-state index is 9.84. The van der Waals surface area contributed by atoms with E-state index >= 15 is 0 Å². The third-order valence-electron chi connectivity index (χ3n) is 2.71. The minimum atomic E-state index is 0.353. The first-order valence-electron chi connectivity index (χ1n) is 4.56. The molecule has 0 aromatic rings. The molecule has 2 nitrogen and oxygen atoms in total. The Bertz CT molecular complexity index is 128. The van der Waals surface area contributed by atoms with Crippen molar-refractivity contribution in [2.24, 2.45) is 11.3 Å². The Hall–Kier alpha value is -0.530. The fraction of sp³-hybridized carbons (Fsp3) is 0.900. The second kappa shape index (κ2) is 5.18. The van der Waals surface area contributed by atoms with Gasteiger partial charge in [-0.1, -0.05) is 27.7 Å². The lowest BCUT2D eigenvalue weighted by atomic mass is 9.77. The van der Waals surface area contributed by atoms with Crippen LogP contribution in [0.1, 0.15) is 40.5 Å². The quantitative estimate of drug-likeness (QED) is 0.455. The van der Waals surface area contributed by atoms with Gasteiger partial charge in [0.25, 0.3) is 6.47 Å². The Labute approximate surface area is 75.3 Å². The summed E-state index contributed by atoms with van der Waals surface area (Å²) in [7, 11) is 0. The van der Waals surface area contributed by atoms with Crippen LogP contribution in [-0.4, -0.2) is 13.1 Å². The summed E-state index contributed by atoms with van der Waals surface area (Å²) >= 11 is 0. The summed E-state index contributed by atoms with van der Waals surface area (Å²) < 4.78 is 4.63. The van der Waals surface area contributed by atoms with Crippen LogP contribution in [0.2, 0.25) is 0 Å². The lowest BCUT2D eigenvalue weighted by Crippen LogP contribution is -2.19. The van der Waals surface area contributed by atoms with Gasteiger partial charge in [-0.2, -0.15) is 0 Å². The summed E-state index contributed by atoms with van der Waals surface area (Å²) in [5, 5.41) is 0. The van der Waals surface area contributed by atoms with Crippen molar-refractivity contribution in [3.05, 3.63) is 0 Å². The van der Waals surface area contributed by atoms with E-state index in [9.17, 15) is 4.79 Å². The molecule has 0 atom stereocenters. The van der Waals surface area contributed by atoms with Crippen molar-refractivity contribution in [3.63, 3.8) is 0 Å². The molecule has 0 saturated carbocycles. The number of rotatable bonds is 6. The first-order valence-corrected chi connectivity index (χ1v) is 4.56. The second-order valence-electron chi connectivity index (χ2n) is 4.21. The fourth-order valence-electron chi connectivity index (χ4n) is 0.948. The molecular formula is C10H20O2. The van der Waals surface area contributed by atoms with Gasteiger partial charge in [0.05, 0.1) is 6.61 Å². The maximum absolute atomic E-state index is 9.84. The molecule has 72 valence electrons. The van der Waals surface area contributed by atoms with E-state index in [0.29, 0.717) is 24.4 Å². The standard InChI is InChI=1S/C10H20O2/c1-9(2)10(3,4)6-5-7-12-8-11/h8-9H,5-7H2,1-4H3. The average Bonchev–Trinajstić information content (AvgIpc) is 1.98. The molecule has 0 amide bonds. The summed E-state index contributed by atoms with van der Waals surface area (Å²) in [6, 6.07) is 0. The van der Waals surface area contributed by atoms with Gasteiger partial charge in [-0.05, 0) is 24.2 Å². The molecule has 0 fully saturated rings. The van der Waals surface area contributed by atoms with Gasteiger partial charge in [0.15, 0.2) is 0 Å². The number of hydrogen-bond acceptors (Lipinski definition) is 2. The molecule has 0 spiro atoms. The van der Waals surface area contributed by atoms with Crippen molar-refractivity contribution >= 4 is 6.47 Å². The van der Waals surface area contributed by atoms with Crippen LogP contribution < -0.4 is 0 Å². The van der Waals surface area contributed by atoms with Crippen LogP contribution in [0.5, 0.6) is 0 Å². The monoisotopic (exact) mass is 172 g/mol.